The number of hydrogen-bond donors (Lipinski definition) is 0. The Labute approximate surface area is 57.1 Å². The molecule has 9 heavy (non-hydrogen) atoms. The summed E-state index contributed by atoms with van der Waals surface area (Å²) in [7, 11) is -1.63. The minimum absolute atomic E-state index is 1.05. The van der Waals surface area contributed by atoms with Crippen LogP contribution in [-0.4, -0.2) is 14.0 Å². The molecule has 1 nitrogen and oxygen atoms in total. The molecule has 0 aromatic heterocycles. The van der Waals surface area contributed by atoms with E-state index in [9.17, 15) is 4.79 Å². The van der Waals surface area contributed by atoms with Crippen LogP contribution in [0.1, 0.15) is 0 Å². The lowest BCUT2D eigenvalue weighted by molar-refractivity contribution is 0.567. The molecule has 0 aromatic carbocycles. The SMILES string of the molecule is C=CC=C[Si](C)(C)C=O. The van der Waals surface area contributed by atoms with E-state index in [0.717, 1.165) is 5.91 Å². The van der Waals surface area contributed by atoms with Crippen molar-refractivity contribution in [3.05, 3.63) is 24.4 Å². The van der Waals surface area contributed by atoms with E-state index in [1.807, 2.05) is 24.9 Å². The quantitative estimate of drug-likeness (QED) is 0.331. The zero-order chi connectivity index (χ0) is 7.33. The Hall–Kier alpha value is -0.633. The number of allylic oxidation sites excluding steroid dienone is 2. The van der Waals surface area contributed by atoms with Gasteiger partial charge in [-0.15, -0.1) is 0 Å². The molecule has 0 radical (unpaired) electrons. The molecule has 0 rings (SSSR count). The minimum atomic E-state index is -1.63. The summed E-state index contributed by atoms with van der Waals surface area (Å²) >= 11 is 0. The molecule has 0 amide bonds. The van der Waals surface area contributed by atoms with Gasteiger partial charge in [0.05, 0.1) is 0 Å². The maximum atomic E-state index is 10.3. The predicted molar refractivity (Wildman–Crippen MR) is 43.6 cm³/mol. The molecule has 0 aliphatic carbocycles. The Bertz CT molecular complexity index is 136. The molecular weight excluding hydrogens is 128 g/mol. The molecule has 0 N–H and O–H groups in total. The van der Waals surface area contributed by atoms with Crippen molar-refractivity contribution in [1.82, 2.24) is 0 Å². The average molecular weight is 140 g/mol. The lowest BCUT2D eigenvalue weighted by Gasteiger charge is -2.04. The number of rotatable bonds is 3. The van der Waals surface area contributed by atoms with Gasteiger partial charge in [-0.05, 0) is 0 Å². The first-order valence-electron chi connectivity index (χ1n) is 2.89. The van der Waals surface area contributed by atoms with Crippen LogP contribution in [0.5, 0.6) is 0 Å². The van der Waals surface area contributed by atoms with Gasteiger partial charge >= 0.3 is 0 Å². The Morgan fingerprint density at radius 2 is 2.00 bits per heavy atom. The molecule has 50 valence electrons. The highest BCUT2D eigenvalue weighted by Gasteiger charge is 2.13. The molecule has 0 heterocycles. The van der Waals surface area contributed by atoms with Gasteiger partial charge in [0.25, 0.3) is 0 Å². The van der Waals surface area contributed by atoms with Crippen LogP contribution in [0, 0.1) is 0 Å². The molecular formula is C7H12OSi. The van der Waals surface area contributed by atoms with E-state index in [2.05, 4.69) is 6.58 Å². The minimum Gasteiger partial charge on any atom is -0.309 e. The molecule has 0 aromatic rings. The van der Waals surface area contributed by atoms with Gasteiger partial charge in [0.1, 0.15) is 14.0 Å². The fourth-order valence-electron chi connectivity index (χ4n) is 0.355. The van der Waals surface area contributed by atoms with Crippen molar-refractivity contribution in [2.24, 2.45) is 0 Å². The zero-order valence-electron chi connectivity index (χ0n) is 5.92. The largest absolute Gasteiger partial charge is 0.309 e. The smallest absolute Gasteiger partial charge is 0.145 e. The van der Waals surface area contributed by atoms with E-state index >= 15 is 0 Å². The second-order valence-electron chi connectivity index (χ2n) is 2.53. The Morgan fingerprint density at radius 1 is 1.44 bits per heavy atom. The predicted octanol–water partition coefficient (Wildman–Crippen LogP) is 1.75. The number of carbonyl (C=O) groups is 1. The number of carbonyl (C=O) groups excluding carboxylic acids is 1. The summed E-state index contributed by atoms with van der Waals surface area (Å²) in [5, 5.41) is 0. The maximum absolute atomic E-state index is 10.3. The highest BCUT2D eigenvalue weighted by Crippen LogP contribution is 1.98. The summed E-state index contributed by atoms with van der Waals surface area (Å²) in [5.41, 5.74) is 1.95. The van der Waals surface area contributed by atoms with Crippen molar-refractivity contribution in [1.29, 1.82) is 0 Å². The topological polar surface area (TPSA) is 17.1 Å². The molecule has 0 saturated heterocycles. The highest BCUT2D eigenvalue weighted by molar-refractivity contribution is 7.03. The fourth-order valence-corrected chi connectivity index (χ4v) is 1.07. The summed E-state index contributed by atoms with van der Waals surface area (Å²) in [6.45, 7) is 7.49. The van der Waals surface area contributed by atoms with Gasteiger partial charge in [-0.3, -0.25) is 0 Å². The lowest BCUT2D eigenvalue weighted by Crippen LogP contribution is -2.24. The summed E-state index contributed by atoms with van der Waals surface area (Å²) in [6.07, 6.45) is 3.53. The van der Waals surface area contributed by atoms with E-state index in [0.29, 0.717) is 0 Å². The second-order valence-corrected chi connectivity index (χ2v) is 6.75. The van der Waals surface area contributed by atoms with Crippen LogP contribution in [0.2, 0.25) is 13.1 Å². The van der Waals surface area contributed by atoms with Crippen molar-refractivity contribution in [3.8, 4) is 0 Å². The first kappa shape index (κ1) is 8.37. The van der Waals surface area contributed by atoms with Crippen LogP contribution < -0.4 is 0 Å². The van der Waals surface area contributed by atoms with Crippen LogP contribution >= 0.6 is 0 Å². The Morgan fingerprint density at radius 3 is 2.33 bits per heavy atom. The van der Waals surface area contributed by atoms with E-state index in [4.69, 9.17) is 0 Å². The third-order valence-electron chi connectivity index (χ3n) is 0.966. The van der Waals surface area contributed by atoms with E-state index in [-0.39, 0.29) is 0 Å². The van der Waals surface area contributed by atoms with Crippen molar-refractivity contribution in [2.45, 2.75) is 13.1 Å². The van der Waals surface area contributed by atoms with Gasteiger partial charge in [-0.25, -0.2) is 0 Å². The summed E-state index contributed by atoms with van der Waals surface area (Å²) < 4.78 is 0. The molecule has 0 unspecified atom stereocenters. The van der Waals surface area contributed by atoms with E-state index < -0.39 is 8.07 Å². The third kappa shape index (κ3) is 3.91. The van der Waals surface area contributed by atoms with Gasteiger partial charge in [-0.1, -0.05) is 37.5 Å². The van der Waals surface area contributed by atoms with Gasteiger partial charge in [0, 0.05) is 0 Å². The number of hydrogen-bond acceptors (Lipinski definition) is 1. The Kier molecular flexibility index (Phi) is 3.16. The first-order valence-corrected chi connectivity index (χ1v) is 6.04. The zero-order valence-corrected chi connectivity index (χ0v) is 6.92. The van der Waals surface area contributed by atoms with Gasteiger partial charge < -0.3 is 4.79 Å². The third-order valence-corrected chi connectivity index (χ3v) is 2.62. The average Bonchev–Trinajstić information content (AvgIpc) is 1.84. The van der Waals surface area contributed by atoms with Crippen molar-refractivity contribution < 1.29 is 4.79 Å². The van der Waals surface area contributed by atoms with Crippen molar-refractivity contribution in [3.63, 3.8) is 0 Å². The van der Waals surface area contributed by atoms with Crippen molar-refractivity contribution >= 4 is 14.0 Å². The van der Waals surface area contributed by atoms with Crippen molar-refractivity contribution in [2.75, 3.05) is 0 Å². The van der Waals surface area contributed by atoms with Gasteiger partial charge in [0.2, 0.25) is 0 Å². The van der Waals surface area contributed by atoms with Crippen LogP contribution in [0.15, 0.2) is 24.4 Å². The standard InChI is InChI=1S/C7H12OSi/c1-4-5-6-9(2,3)7-8/h4-7H,1H2,2-3H3. The Balaban J connectivity index is 3.99. The van der Waals surface area contributed by atoms with Crippen LogP contribution in [0.4, 0.5) is 0 Å². The molecule has 0 bridgehead atoms. The van der Waals surface area contributed by atoms with Crippen LogP contribution in [0.3, 0.4) is 0 Å². The van der Waals surface area contributed by atoms with E-state index in [1.165, 1.54) is 0 Å². The summed E-state index contributed by atoms with van der Waals surface area (Å²) in [5.74, 6) is 1.05. The molecule has 0 fully saturated rings. The molecule has 0 aliphatic heterocycles. The van der Waals surface area contributed by atoms with Gasteiger partial charge in [0.15, 0.2) is 0 Å². The second kappa shape index (κ2) is 3.40. The molecule has 0 aliphatic rings. The molecule has 0 spiro atoms. The normalized spacial score (nSPS) is 11.8. The molecule has 0 saturated carbocycles. The summed E-state index contributed by atoms with van der Waals surface area (Å²) in [4.78, 5) is 10.3. The molecule has 0 atom stereocenters. The summed E-state index contributed by atoms with van der Waals surface area (Å²) in [6, 6.07) is 0. The van der Waals surface area contributed by atoms with Crippen LogP contribution in [0.25, 0.3) is 0 Å². The monoisotopic (exact) mass is 140 g/mol. The first-order chi connectivity index (χ1) is 4.12. The highest BCUT2D eigenvalue weighted by atomic mass is 28.3. The maximum Gasteiger partial charge on any atom is 0.145 e. The fraction of sp³-hybridized carbons (Fsp3) is 0.286. The molecule has 2 heteroatoms. The van der Waals surface area contributed by atoms with Crippen LogP contribution in [-0.2, 0) is 4.79 Å². The van der Waals surface area contributed by atoms with Gasteiger partial charge in [-0.2, -0.15) is 0 Å². The lowest BCUT2D eigenvalue weighted by atomic mass is 10.6. The van der Waals surface area contributed by atoms with E-state index in [1.54, 1.807) is 6.08 Å².